The molecule has 0 heterocycles. The molecule has 124 valence electrons. The molecule has 3 saturated carbocycles. The zero-order chi connectivity index (χ0) is 16.0. The highest BCUT2D eigenvalue weighted by Gasteiger charge is 2.45. The molecule has 1 aromatic carbocycles. The third-order valence-electron chi connectivity index (χ3n) is 5.77. The average Bonchev–Trinajstić information content (AvgIpc) is 3.46. The maximum absolute atomic E-state index is 14.3. The smallest absolute Gasteiger partial charge is 0.340 e. The Labute approximate surface area is 136 Å². The van der Waals surface area contributed by atoms with Crippen LogP contribution in [-0.2, 0) is 4.74 Å². The van der Waals surface area contributed by atoms with Crippen LogP contribution in [0.2, 0.25) is 0 Å². The van der Waals surface area contributed by atoms with E-state index in [2.05, 4.69) is 4.74 Å². The van der Waals surface area contributed by atoms with Gasteiger partial charge in [0.1, 0.15) is 11.6 Å². The summed E-state index contributed by atoms with van der Waals surface area (Å²) in [6, 6.07) is 3.03. The van der Waals surface area contributed by atoms with Crippen LogP contribution in [0.25, 0.3) is 0 Å². The van der Waals surface area contributed by atoms with Gasteiger partial charge < -0.3 is 9.47 Å². The van der Waals surface area contributed by atoms with Crippen molar-refractivity contribution in [1.29, 1.82) is 0 Å². The molecular weight excluding hydrogens is 295 g/mol. The Balaban J connectivity index is 1.55. The van der Waals surface area contributed by atoms with E-state index < -0.39 is 11.8 Å². The Kier molecular flexibility index (Phi) is 3.58. The van der Waals surface area contributed by atoms with E-state index in [-0.39, 0.29) is 11.7 Å². The van der Waals surface area contributed by atoms with Crippen molar-refractivity contribution in [2.75, 3.05) is 7.11 Å². The van der Waals surface area contributed by atoms with E-state index in [4.69, 9.17) is 4.74 Å². The van der Waals surface area contributed by atoms with Gasteiger partial charge in [0.15, 0.2) is 0 Å². The van der Waals surface area contributed by atoms with E-state index in [0.717, 1.165) is 31.2 Å². The van der Waals surface area contributed by atoms with Crippen LogP contribution in [0.5, 0.6) is 5.75 Å². The van der Waals surface area contributed by atoms with Gasteiger partial charge in [0.2, 0.25) is 0 Å². The van der Waals surface area contributed by atoms with Crippen LogP contribution in [0.3, 0.4) is 0 Å². The predicted molar refractivity (Wildman–Crippen MR) is 84.3 cm³/mol. The number of halogens is 1. The number of esters is 1. The zero-order valence-corrected chi connectivity index (χ0v) is 13.6. The molecule has 0 atom stereocenters. The maximum Gasteiger partial charge on any atom is 0.340 e. The van der Waals surface area contributed by atoms with Crippen molar-refractivity contribution in [3.63, 3.8) is 0 Å². The summed E-state index contributed by atoms with van der Waals surface area (Å²) in [5, 5.41) is 0. The number of rotatable bonds is 4. The quantitative estimate of drug-likeness (QED) is 0.762. The van der Waals surface area contributed by atoms with Gasteiger partial charge in [-0.05, 0) is 74.3 Å². The van der Waals surface area contributed by atoms with Gasteiger partial charge in [0, 0.05) is 6.07 Å². The number of benzene rings is 1. The first-order valence-corrected chi connectivity index (χ1v) is 8.69. The summed E-state index contributed by atoms with van der Waals surface area (Å²) in [6.45, 7) is 0. The van der Waals surface area contributed by atoms with E-state index in [1.54, 1.807) is 6.07 Å². The van der Waals surface area contributed by atoms with Gasteiger partial charge in [0.25, 0.3) is 0 Å². The molecule has 0 unspecified atom stereocenters. The first-order valence-electron chi connectivity index (χ1n) is 8.69. The molecular formula is C19H23FO3. The SMILES string of the molecule is COC(=O)c1cc(C2CC2)c(OC2CCC3(CC2)CC3)cc1F. The molecule has 0 aliphatic heterocycles. The number of hydrogen-bond donors (Lipinski definition) is 0. The Morgan fingerprint density at radius 1 is 1.13 bits per heavy atom. The fraction of sp³-hybridized carbons (Fsp3) is 0.632. The van der Waals surface area contributed by atoms with Crippen LogP contribution in [0.4, 0.5) is 4.39 Å². The molecule has 0 amide bonds. The summed E-state index contributed by atoms with van der Waals surface area (Å²) in [7, 11) is 1.28. The minimum Gasteiger partial charge on any atom is -0.490 e. The number of carbonyl (C=O) groups excluding carboxylic acids is 1. The molecule has 0 bridgehead atoms. The van der Waals surface area contributed by atoms with Crippen LogP contribution >= 0.6 is 0 Å². The molecule has 1 aromatic rings. The highest BCUT2D eigenvalue weighted by molar-refractivity contribution is 5.90. The van der Waals surface area contributed by atoms with E-state index >= 15 is 0 Å². The molecule has 4 heteroatoms. The van der Waals surface area contributed by atoms with Gasteiger partial charge in [-0.15, -0.1) is 0 Å². The minimum atomic E-state index is -0.621. The molecule has 0 radical (unpaired) electrons. The van der Waals surface area contributed by atoms with Gasteiger partial charge in [-0.1, -0.05) is 0 Å². The topological polar surface area (TPSA) is 35.5 Å². The fourth-order valence-electron chi connectivity index (χ4n) is 3.83. The molecule has 0 aromatic heterocycles. The van der Waals surface area contributed by atoms with Gasteiger partial charge in [-0.2, -0.15) is 0 Å². The van der Waals surface area contributed by atoms with Crippen molar-refractivity contribution in [2.45, 2.75) is 63.4 Å². The molecule has 3 fully saturated rings. The first kappa shape index (κ1) is 15.0. The third-order valence-corrected chi connectivity index (χ3v) is 5.77. The Hall–Kier alpha value is -1.58. The first-order chi connectivity index (χ1) is 11.1. The van der Waals surface area contributed by atoms with E-state index in [9.17, 15) is 9.18 Å². The summed E-state index contributed by atoms with van der Waals surface area (Å²) in [6.07, 6.45) is 9.67. The average molecular weight is 318 g/mol. The molecule has 4 rings (SSSR count). The zero-order valence-electron chi connectivity index (χ0n) is 13.6. The molecule has 23 heavy (non-hydrogen) atoms. The van der Waals surface area contributed by atoms with Crippen LogP contribution < -0.4 is 4.74 Å². The maximum atomic E-state index is 14.3. The van der Waals surface area contributed by atoms with Gasteiger partial charge in [-0.25, -0.2) is 9.18 Å². The number of hydrogen-bond acceptors (Lipinski definition) is 3. The van der Waals surface area contributed by atoms with Crippen LogP contribution in [0, 0.1) is 11.2 Å². The molecule has 0 saturated heterocycles. The van der Waals surface area contributed by atoms with Gasteiger partial charge in [-0.3, -0.25) is 0 Å². The van der Waals surface area contributed by atoms with E-state index in [1.807, 2.05) is 0 Å². The lowest BCUT2D eigenvalue weighted by Gasteiger charge is -2.29. The second-order valence-corrected chi connectivity index (χ2v) is 7.45. The van der Waals surface area contributed by atoms with Crippen molar-refractivity contribution in [3.8, 4) is 5.75 Å². The minimum absolute atomic E-state index is 0.0160. The van der Waals surface area contributed by atoms with E-state index in [0.29, 0.717) is 17.1 Å². The van der Waals surface area contributed by atoms with Gasteiger partial charge in [0.05, 0.1) is 18.8 Å². The van der Waals surface area contributed by atoms with Crippen molar-refractivity contribution in [3.05, 3.63) is 29.1 Å². The lowest BCUT2D eigenvalue weighted by atomic mass is 9.84. The number of ether oxygens (including phenoxy) is 2. The number of carbonyl (C=O) groups is 1. The molecule has 3 aliphatic carbocycles. The molecule has 0 N–H and O–H groups in total. The monoisotopic (exact) mass is 318 g/mol. The molecule has 3 nitrogen and oxygen atoms in total. The van der Waals surface area contributed by atoms with E-state index in [1.165, 1.54) is 38.9 Å². The predicted octanol–water partition coefficient (Wildman–Crippen LogP) is 4.59. The second-order valence-electron chi connectivity index (χ2n) is 7.45. The lowest BCUT2D eigenvalue weighted by molar-refractivity contribution is 0.0595. The largest absolute Gasteiger partial charge is 0.490 e. The summed E-state index contributed by atoms with van der Waals surface area (Å²) in [4.78, 5) is 11.7. The normalized spacial score (nSPS) is 22.9. The molecule has 1 spiro atoms. The Morgan fingerprint density at radius 2 is 1.83 bits per heavy atom. The Bertz CT molecular complexity index is 622. The Morgan fingerprint density at radius 3 is 2.39 bits per heavy atom. The van der Waals surface area contributed by atoms with Crippen molar-refractivity contribution in [2.24, 2.45) is 5.41 Å². The van der Waals surface area contributed by atoms with Crippen molar-refractivity contribution < 1.29 is 18.7 Å². The summed E-state index contributed by atoms with van der Waals surface area (Å²) < 4.78 is 25.1. The highest BCUT2D eigenvalue weighted by Crippen LogP contribution is 2.56. The standard InChI is InChI=1S/C19H23FO3/c1-22-18(21)15-10-14(12-2-3-12)17(11-16(15)20)23-13-4-6-19(7-5-13)8-9-19/h10-13H,2-9H2,1H3. The van der Waals surface area contributed by atoms with Crippen LogP contribution in [0.15, 0.2) is 12.1 Å². The van der Waals surface area contributed by atoms with Gasteiger partial charge >= 0.3 is 5.97 Å². The fourth-order valence-corrected chi connectivity index (χ4v) is 3.83. The highest BCUT2D eigenvalue weighted by atomic mass is 19.1. The van der Waals surface area contributed by atoms with Crippen LogP contribution in [-0.4, -0.2) is 19.2 Å². The third kappa shape index (κ3) is 2.96. The number of methoxy groups -OCH3 is 1. The molecule has 3 aliphatic rings. The summed E-state index contributed by atoms with van der Waals surface area (Å²) in [5.74, 6) is -0.142. The van der Waals surface area contributed by atoms with Crippen LogP contribution in [0.1, 0.15) is 73.2 Å². The summed E-state index contributed by atoms with van der Waals surface area (Å²) >= 11 is 0. The second kappa shape index (κ2) is 5.50. The van der Waals surface area contributed by atoms with Crippen molar-refractivity contribution >= 4 is 5.97 Å². The van der Waals surface area contributed by atoms with Crippen molar-refractivity contribution in [1.82, 2.24) is 0 Å². The summed E-state index contributed by atoms with van der Waals surface area (Å²) in [5.41, 5.74) is 1.61. The lowest BCUT2D eigenvalue weighted by Crippen LogP contribution is -2.25.